The number of aryl methyl sites for hydroxylation is 1. The zero-order valence-corrected chi connectivity index (χ0v) is 18.3. The number of aromatic amines is 1. The number of halogens is 2. The number of hydrogen-bond acceptors (Lipinski definition) is 5. The lowest BCUT2D eigenvalue weighted by Gasteiger charge is -2.33. The fourth-order valence-corrected chi connectivity index (χ4v) is 5.40. The molecule has 158 valence electrons. The number of benzene rings is 1. The Morgan fingerprint density at radius 1 is 1.10 bits per heavy atom. The molecule has 11 heteroatoms. The summed E-state index contributed by atoms with van der Waals surface area (Å²) in [5.74, 6) is 1.07. The summed E-state index contributed by atoms with van der Waals surface area (Å²) in [4.78, 5) is 14.3. The molecule has 1 N–H and O–H groups in total. The molecule has 2 aromatic heterocycles. The summed E-state index contributed by atoms with van der Waals surface area (Å²) in [5, 5.41) is 7.26. The standard InChI is InChI=1S/C19H18Cl2N4O4S/c1-12-2-5-17(29-12)15-11-16(23-22-15)19(26)24-6-8-25(9-7-24)30(27,28)18-10-13(20)3-4-14(18)21/h2-5,10-11H,6-9H2,1H3,(H,22,23). The Labute approximate surface area is 183 Å². The van der Waals surface area contributed by atoms with Crippen molar-refractivity contribution in [3.8, 4) is 11.5 Å². The predicted octanol–water partition coefficient (Wildman–Crippen LogP) is 3.43. The van der Waals surface area contributed by atoms with Crippen LogP contribution in [0.3, 0.4) is 0 Å². The lowest BCUT2D eigenvalue weighted by Crippen LogP contribution is -2.50. The largest absolute Gasteiger partial charge is 0.460 e. The fraction of sp³-hybridized carbons (Fsp3) is 0.263. The monoisotopic (exact) mass is 468 g/mol. The number of nitrogens with one attached hydrogen (secondary N) is 1. The Hall–Kier alpha value is -2.33. The molecule has 3 aromatic rings. The SMILES string of the molecule is Cc1ccc(-c2cc(C(=O)N3CCN(S(=O)(=O)c4cc(Cl)ccc4Cl)CC3)n[nH]2)o1. The summed E-state index contributed by atoms with van der Waals surface area (Å²) in [7, 11) is -3.81. The Balaban J connectivity index is 1.45. The minimum atomic E-state index is -3.81. The molecule has 30 heavy (non-hydrogen) atoms. The molecule has 0 radical (unpaired) electrons. The first-order valence-electron chi connectivity index (χ1n) is 9.12. The van der Waals surface area contributed by atoms with Crippen molar-refractivity contribution in [3.63, 3.8) is 0 Å². The van der Waals surface area contributed by atoms with Gasteiger partial charge in [0.25, 0.3) is 5.91 Å². The Morgan fingerprint density at radius 2 is 1.83 bits per heavy atom. The van der Waals surface area contributed by atoms with Gasteiger partial charge in [-0.1, -0.05) is 23.2 Å². The van der Waals surface area contributed by atoms with Crippen LogP contribution in [0, 0.1) is 6.92 Å². The molecule has 0 bridgehead atoms. The number of carbonyl (C=O) groups excluding carboxylic acids is 1. The molecule has 0 unspecified atom stereocenters. The number of sulfonamides is 1. The number of aromatic nitrogens is 2. The number of amides is 1. The van der Waals surface area contributed by atoms with Crippen molar-refractivity contribution < 1.29 is 17.6 Å². The third-order valence-corrected chi connectivity index (χ3v) is 7.46. The summed E-state index contributed by atoms with van der Waals surface area (Å²) in [6, 6.07) is 9.55. The lowest BCUT2D eigenvalue weighted by atomic mass is 10.2. The highest BCUT2D eigenvalue weighted by atomic mass is 35.5. The van der Waals surface area contributed by atoms with Gasteiger partial charge in [0.15, 0.2) is 11.5 Å². The van der Waals surface area contributed by atoms with E-state index in [-0.39, 0.29) is 52.7 Å². The molecule has 0 atom stereocenters. The van der Waals surface area contributed by atoms with E-state index in [1.807, 2.05) is 13.0 Å². The van der Waals surface area contributed by atoms with Crippen LogP contribution in [0.2, 0.25) is 10.0 Å². The van der Waals surface area contributed by atoms with E-state index < -0.39 is 10.0 Å². The van der Waals surface area contributed by atoms with Crippen molar-refractivity contribution in [1.82, 2.24) is 19.4 Å². The second-order valence-corrected chi connectivity index (χ2v) is 9.60. The zero-order valence-electron chi connectivity index (χ0n) is 15.9. The molecule has 1 saturated heterocycles. The molecule has 1 amide bonds. The molecule has 0 spiro atoms. The van der Waals surface area contributed by atoms with E-state index in [9.17, 15) is 13.2 Å². The Bertz CT molecular complexity index is 1200. The molecular formula is C19H18Cl2N4O4S. The molecule has 0 saturated carbocycles. The highest BCUT2D eigenvalue weighted by molar-refractivity contribution is 7.89. The lowest BCUT2D eigenvalue weighted by molar-refractivity contribution is 0.0692. The quantitative estimate of drug-likeness (QED) is 0.631. The van der Waals surface area contributed by atoms with Crippen LogP contribution in [-0.2, 0) is 10.0 Å². The minimum absolute atomic E-state index is 0.0397. The van der Waals surface area contributed by atoms with E-state index in [0.29, 0.717) is 11.5 Å². The summed E-state index contributed by atoms with van der Waals surface area (Å²) >= 11 is 12.0. The molecule has 1 aliphatic rings. The van der Waals surface area contributed by atoms with Crippen LogP contribution >= 0.6 is 23.2 Å². The highest BCUT2D eigenvalue weighted by Gasteiger charge is 2.32. The van der Waals surface area contributed by atoms with Gasteiger partial charge >= 0.3 is 0 Å². The van der Waals surface area contributed by atoms with Crippen LogP contribution in [0.25, 0.3) is 11.5 Å². The maximum Gasteiger partial charge on any atom is 0.274 e. The summed E-state index contributed by atoms with van der Waals surface area (Å²) in [6.07, 6.45) is 0. The summed E-state index contributed by atoms with van der Waals surface area (Å²) in [5.41, 5.74) is 0.844. The molecule has 3 heterocycles. The number of furan rings is 1. The van der Waals surface area contributed by atoms with Gasteiger partial charge in [0.05, 0.1) is 5.02 Å². The first-order valence-corrected chi connectivity index (χ1v) is 11.3. The van der Waals surface area contributed by atoms with Crippen molar-refractivity contribution in [2.24, 2.45) is 0 Å². The zero-order chi connectivity index (χ0) is 21.5. The predicted molar refractivity (Wildman–Crippen MR) is 112 cm³/mol. The van der Waals surface area contributed by atoms with Gasteiger partial charge in [-0.15, -0.1) is 0 Å². The molecule has 8 nitrogen and oxygen atoms in total. The van der Waals surface area contributed by atoms with Gasteiger partial charge in [0, 0.05) is 37.3 Å². The Morgan fingerprint density at radius 3 is 2.50 bits per heavy atom. The molecular weight excluding hydrogens is 451 g/mol. The van der Waals surface area contributed by atoms with Crippen LogP contribution < -0.4 is 0 Å². The van der Waals surface area contributed by atoms with Crippen molar-refractivity contribution in [2.45, 2.75) is 11.8 Å². The van der Waals surface area contributed by atoms with Crippen LogP contribution in [0.1, 0.15) is 16.2 Å². The van der Waals surface area contributed by atoms with Crippen LogP contribution in [0.5, 0.6) is 0 Å². The molecule has 1 aliphatic heterocycles. The van der Waals surface area contributed by atoms with Gasteiger partial charge in [-0.25, -0.2) is 8.42 Å². The number of H-pyrrole nitrogens is 1. The number of piperazine rings is 1. The number of hydrogen-bond donors (Lipinski definition) is 1. The van der Waals surface area contributed by atoms with E-state index >= 15 is 0 Å². The van der Waals surface area contributed by atoms with Crippen molar-refractivity contribution in [2.75, 3.05) is 26.2 Å². The average molecular weight is 469 g/mol. The number of rotatable bonds is 4. The van der Waals surface area contributed by atoms with Crippen molar-refractivity contribution in [1.29, 1.82) is 0 Å². The maximum atomic E-state index is 12.9. The number of carbonyl (C=O) groups is 1. The van der Waals surface area contributed by atoms with E-state index in [4.69, 9.17) is 27.6 Å². The van der Waals surface area contributed by atoms with Gasteiger partial charge in [0.1, 0.15) is 16.3 Å². The van der Waals surface area contributed by atoms with Crippen molar-refractivity contribution in [3.05, 3.63) is 57.9 Å². The normalized spacial score (nSPS) is 15.5. The van der Waals surface area contributed by atoms with Crippen LogP contribution in [0.15, 0.2) is 45.7 Å². The third kappa shape index (κ3) is 3.98. The van der Waals surface area contributed by atoms with Gasteiger partial charge in [0.2, 0.25) is 10.0 Å². The molecule has 1 aromatic carbocycles. The second-order valence-electron chi connectivity index (χ2n) is 6.85. The van der Waals surface area contributed by atoms with Crippen LogP contribution in [-0.4, -0.2) is 59.9 Å². The molecule has 1 fully saturated rings. The number of nitrogens with zero attached hydrogens (tertiary/aromatic N) is 3. The topological polar surface area (TPSA) is 99.5 Å². The average Bonchev–Trinajstić information content (AvgIpc) is 3.38. The second kappa shape index (κ2) is 8.07. The van der Waals surface area contributed by atoms with Gasteiger partial charge in [-0.3, -0.25) is 9.89 Å². The summed E-state index contributed by atoms with van der Waals surface area (Å²) < 4.78 is 32.7. The van der Waals surface area contributed by atoms with E-state index in [1.54, 1.807) is 17.0 Å². The minimum Gasteiger partial charge on any atom is -0.460 e. The molecule has 0 aliphatic carbocycles. The van der Waals surface area contributed by atoms with E-state index in [2.05, 4.69) is 10.2 Å². The van der Waals surface area contributed by atoms with Gasteiger partial charge in [-0.05, 0) is 37.3 Å². The smallest absolute Gasteiger partial charge is 0.274 e. The van der Waals surface area contributed by atoms with E-state index in [1.165, 1.54) is 22.5 Å². The third-order valence-electron chi connectivity index (χ3n) is 4.84. The maximum absolute atomic E-state index is 12.9. The van der Waals surface area contributed by atoms with Gasteiger partial charge in [-0.2, -0.15) is 9.40 Å². The van der Waals surface area contributed by atoms with Gasteiger partial charge < -0.3 is 9.32 Å². The first kappa shape index (κ1) is 20.9. The molecule has 4 rings (SSSR count). The Kier molecular flexibility index (Phi) is 5.63. The highest BCUT2D eigenvalue weighted by Crippen LogP contribution is 2.28. The van der Waals surface area contributed by atoms with Crippen molar-refractivity contribution >= 4 is 39.1 Å². The van der Waals surface area contributed by atoms with E-state index in [0.717, 1.165) is 5.76 Å². The first-order chi connectivity index (χ1) is 14.3. The van der Waals surface area contributed by atoms with Crippen LogP contribution in [0.4, 0.5) is 0 Å². The summed E-state index contributed by atoms with van der Waals surface area (Å²) in [6.45, 7) is 2.59. The fourth-order valence-electron chi connectivity index (χ4n) is 3.24.